The number of hydrogen-bond donors (Lipinski definition) is 2. The van der Waals surface area contributed by atoms with E-state index in [1.54, 1.807) is 0 Å². The first-order valence-electron chi connectivity index (χ1n) is 7.16. The van der Waals surface area contributed by atoms with Crippen molar-refractivity contribution in [3.63, 3.8) is 0 Å². The molecule has 2 N–H and O–H groups in total. The third kappa shape index (κ3) is 1.81. The van der Waals surface area contributed by atoms with E-state index in [0.717, 1.165) is 38.1 Å². The van der Waals surface area contributed by atoms with Crippen molar-refractivity contribution >= 4 is 10.9 Å². The molecule has 0 saturated carbocycles. The highest BCUT2D eigenvalue weighted by molar-refractivity contribution is 5.94. The SMILES string of the molecule is Cc1c(-c2ccccc2)nc(-c2c[nH]c3ccccc23)n1O. The van der Waals surface area contributed by atoms with Gasteiger partial charge in [-0.25, -0.2) is 4.98 Å². The first kappa shape index (κ1) is 12.7. The molecule has 2 aromatic carbocycles. The molecule has 0 unspecified atom stereocenters. The van der Waals surface area contributed by atoms with Gasteiger partial charge in [0.15, 0.2) is 5.82 Å². The van der Waals surface area contributed by atoms with E-state index in [9.17, 15) is 5.21 Å². The van der Waals surface area contributed by atoms with Crippen LogP contribution in [0.1, 0.15) is 5.69 Å². The summed E-state index contributed by atoms with van der Waals surface area (Å²) < 4.78 is 1.16. The number of nitrogens with one attached hydrogen (secondary N) is 1. The molecule has 4 heteroatoms. The summed E-state index contributed by atoms with van der Waals surface area (Å²) in [5, 5.41) is 11.5. The van der Waals surface area contributed by atoms with E-state index < -0.39 is 0 Å². The van der Waals surface area contributed by atoms with Gasteiger partial charge in [0.1, 0.15) is 0 Å². The zero-order valence-electron chi connectivity index (χ0n) is 12.1. The lowest BCUT2D eigenvalue weighted by Gasteiger charge is -2.00. The van der Waals surface area contributed by atoms with Gasteiger partial charge in [0.2, 0.25) is 0 Å². The maximum Gasteiger partial charge on any atom is 0.178 e. The third-order valence-electron chi connectivity index (χ3n) is 3.96. The van der Waals surface area contributed by atoms with Crippen LogP contribution in [0.25, 0.3) is 33.5 Å². The number of fused-ring (bicyclic) bond motifs is 1. The summed E-state index contributed by atoms with van der Waals surface area (Å²) in [7, 11) is 0. The first-order chi connectivity index (χ1) is 10.8. The van der Waals surface area contributed by atoms with E-state index in [4.69, 9.17) is 0 Å². The molecule has 108 valence electrons. The van der Waals surface area contributed by atoms with Gasteiger partial charge in [-0.3, -0.25) is 0 Å². The Morgan fingerprint density at radius 1 is 1.00 bits per heavy atom. The van der Waals surface area contributed by atoms with E-state index >= 15 is 0 Å². The maximum atomic E-state index is 10.5. The number of imidazole rings is 1. The Morgan fingerprint density at radius 3 is 2.55 bits per heavy atom. The van der Waals surface area contributed by atoms with Crippen molar-refractivity contribution < 1.29 is 5.21 Å². The van der Waals surface area contributed by atoms with Crippen molar-refractivity contribution in [1.29, 1.82) is 0 Å². The molecule has 0 spiro atoms. The minimum atomic E-state index is 0.550. The normalized spacial score (nSPS) is 11.1. The highest BCUT2D eigenvalue weighted by atomic mass is 16.5. The minimum Gasteiger partial charge on any atom is -0.427 e. The zero-order valence-corrected chi connectivity index (χ0v) is 12.1. The number of H-pyrrole nitrogens is 1. The molecule has 2 aromatic heterocycles. The van der Waals surface area contributed by atoms with E-state index in [1.165, 1.54) is 0 Å². The Labute approximate surface area is 127 Å². The van der Waals surface area contributed by atoms with Crippen LogP contribution in [-0.4, -0.2) is 19.9 Å². The molecule has 0 aliphatic heterocycles. The van der Waals surface area contributed by atoms with E-state index in [0.29, 0.717) is 5.82 Å². The molecule has 22 heavy (non-hydrogen) atoms. The number of hydrogen-bond acceptors (Lipinski definition) is 2. The van der Waals surface area contributed by atoms with Crippen LogP contribution in [0.2, 0.25) is 0 Å². The van der Waals surface area contributed by atoms with Gasteiger partial charge in [-0.1, -0.05) is 48.5 Å². The molecule has 0 bridgehead atoms. The van der Waals surface area contributed by atoms with Crippen molar-refractivity contribution in [2.24, 2.45) is 0 Å². The molecule has 0 atom stereocenters. The molecule has 0 aliphatic rings. The number of rotatable bonds is 2. The maximum absolute atomic E-state index is 10.5. The standard InChI is InChI=1S/C18H15N3O/c1-12-17(13-7-3-2-4-8-13)20-18(21(12)22)15-11-19-16-10-6-5-9-14(15)16/h2-11,19,22H,1H3. The highest BCUT2D eigenvalue weighted by Crippen LogP contribution is 2.31. The third-order valence-corrected chi connectivity index (χ3v) is 3.96. The van der Waals surface area contributed by atoms with Gasteiger partial charge in [0, 0.05) is 28.2 Å². The summed E-state index contributed by atoms with van der Waals surface area (Å²) in [6, 6.07) is 17.9. The van der Waals surface area contributed by atoms with E-state index in [2.05, 4.69) is 9.97 Å². The van der Waals surface area contributed by atoms with Crippen LogP contribution in [0, 0.1) is 6.92 Å². The Hall–Kier alpha value is -3.01. The van der Waals surface area contributed by atoms with E-state index in [1.807, 2.05) is 67.7 Å². The lowest BCUT2D eigenvalue weighted by molar-refractivity contribution is 0.185. The molecular weight excluding hydrogens is 274 g/mol. The lowest BCUT2D eigenvalue weighted by Crippen LogP contribution is -1.96. The lowest BCUT2D eigenvalue weighted by atomic mass is 10.1. The van der Waals surface area contributed by atoms with Crippen LogP contribution in [0.15, 0.2) is 60.8 Å². The van der Waals surface area contributed by atoms with Gasteiger partial charge >= 0.3 is 0 Å². The summed E-state index contributed by atoms with van der Waals surface area (Å²) in [5.74, 6) is 0.550. The van der Waals surface area contributed by atoms with Gasteiger partial charge in [0.25, 0.3) is 0 Å². The smallest absolute Gasteiger partial charge is 0.178 e. The van der Waals surface area contributed by atoms with Gasteiger partial charge in [-0.05, 0) is 13.0 Å². The number of benzene rings is 2. The summed E-state index contributed by atoms with van der Waals surface area (Å²) in [5.41, 5.74) is 4.44. The second-order valence-corrected chi connectivity index (χ2v) is 5.30. The van der Waals surface area contributed by atoms with E-state index in [-0.39, 0.29) is 0 Å². The Kier molecular flexibility index (Phi) is 2.76. The first-order valence-corrected chi connectivity index (χ1v) is 7.16. The van der Waals surface area contributed by atoms with Crippen LogP contribution in [-0.2, 0) is 0 Å². The molecule has 2 heterocycles. The average molecular weight is 289 g/mol. The predicted octanol–water partition coefficient (Wildman–Crippen LogP) is 4.24. The van der Waals surface area contributed by atoms with Crippen LogP contribution in [0.3, 0.4) is 0 Å². The fourth-order valence-electron chi connectivity index (χ4n) is 2.79. The van der Waals surface area contributed by atoms with Crippen molar-refractivity contribution in [3.05, 3.63) is 66.5 Å². The molecule has 4 aromatic rings. The number of aromatic amines is 1. The second-order valence-electron chi connectivity index (χ2n) is 5.30. The molecule has 4 nitrogen and oxygen atoms in total. The summed E-state index contributed by atoms with van der Waals surface area (Å²) in [4.78, 5) is 7.88. The van der Waals surface area contributed by atoms with Crippen molar-refractivity contribution in [2.75, 3.05) is 0 Å². The molecular formula is C18H15N3O. The Bertz CT molecular complexity index is 951. The van der Waals surface area contributed by atoms with Crippen LogP contribution < -0.4 is 0 Å². The van der Waals surface area contributed by atoms with Crippen LogP contribution in [0.4, 0.5) is 0 Å². The molecule has 4 rings (SSSR count). The second kappa shape index (κ2) is 4.77. The summed E-state index contributed by atoms with van der Waals surface area (Å²) in [6.07, 6.45) is 1.88. The number of aromatic nitrogens is 3. The molecule has 0 saturated heterocycles. The fourth-order valence-corrected chi connectivity index (χ4v) is 2.79. The van der Waals surface area contributed by atoms with Gasteiger partial charge in [-0.15, -0.1) is 0 Å². The molecule has 0 aliphatic carbocycles. The minimum absolute atomic E-state index is 0.550. The van der Waals surface area contributed by atoms with Crippen molar-refractivity contribution in [2.45, 2.75) is 6.92 Å². The molecule has 0 radical (unpaired) electrons. The zero-order chi connectivity index (χ0) is 15.1. The van der Waals surface area contributed by atoms with Gasteiger partial charge in [0.05, 0.1) is 11.4 Å². The van der Waals surface area contributed by atoms with Crippen molar-refractivity contribution in [1.82, 2.24) is 14.7 Å². The van der Waals surface area contributed by atoms with Crippen LogP contribution in [0.5, 0.6) is 0 Å². The monoisotopic (exact) mass is 289 g/mol. The Morgan fingerprint density at radius 2 is 1.73 bits per heavy atom. The summed E-state index contributed by atoms with van der Waals surface area (Å²) >= 11 is 0. The quantitative estimate of drug-likeness (QED) is 0.542. The van der Waals surface area contributed by atoms with Gasteiger partial charge < -0.3 is 10.2 Å². The largest absolute Gasteiger partial charge is 0.427 e. The number of para-hydroxylation sites is 1. The molecule has 0 amide bonds. The van der Waals surface area contributed by atoms with Crippen LogP contribution >= 0.6 is 0 Å². The summed E-state index contributed by atoms with van der Waals surface area (Å²) in [6.45, 7) is 1.87. The molecule has 0 fully saturated rings. The average Bonchev–Trinajstić information content (AvgIpc) is 3.11. The predicted molar refractivity (Wildman–Crippen MR) is 86.9 cm³/mol. The van der Waals surface area contributed by atoms with Crippen molar-refractivity contribution in [3.8, 4) is 22.6 Å². The number of nitrogens with zero attached hydrogens (tertiary/aromatic N) is 2. The topological polar surface area (TPSA) is 53.8 Å². The Balaban J connectivity index is 1.94. The van der Waals surface area contributed by atoms with Gasteiger partial charge in [-0.2, -0.15) is 4.73 Å². The highest BCUT2D eigenvalue weighted by Gasteiger charge is 2.18. The fraction of sp³-hybridized carbons (Fsp3) is 0.0556.